The molecule has 1 aromatic carbocycles. The fourth-order valence-electron chi connectivity index (χ4n) is 2.42. The van der Waals surface area contributed by atoms with Crippen molar-refractivity contribution in [2.45, 2.75) is 26.9 Å². The quantitative estimate of drug-likeness (QED) is 0.338. The number of hydrogen-bond donors (Lipinski definition) is 0. The van der Waals surface area contributed by atoms with Gasteiger partial charge in [0, 0.05) is 28.0 Å². The normalized spacial score (nSPS) is 12.5. The van der Waals surface area contributed by atoms with Crippen molar-refractivity contribution in [2.24, 2.45) is 0 Å². The maximum atomic E-state index is 10.5. The van der Waals surface area contributed by atoms with Gasteiger partial charge in [0.2, 0.25) is 0 Å². The lowest BCUT2D eigenvalue weighted by molar-refractivity contribution is -0.551. The van der Waals surface area contributed by atoms with Crippen molar-refractivity contribution in [3.8, 4) is 0 Å². The largest absolute Gasteiger partial charge is 0.613 e. The summed E-state index contributed by atoms with van der Waals surface area (Å²) in [5.41, 5.74) is 4.24. The van der Waals surface area contributed by atoms with E-state index in [4.69, 9.17) is 0 Å². The molecule has 0 saturated heterocycles. The molecule has 0 saturated carbocycles. The number of nitrogens with zero attached hydrogens (tertiary/aromatic N) is 1. The van der Waals surface area contributed by atoms with E-state index >= 15 is 0 Å². The fraction of sp³-hybridized carbons (Fsp3) is 0.300. The first-order valence-corrected chi connectivity index (χ1v) is 9.42. The van der Waals surface area contributed by atoms with Crippen LogP contribution in [0.4, 0.5) is 0 Å². The third-order valence-electron chi connectivity index (χ3n) is 3.51. The molecule has 26 heavy (non-hydrogen) atoms. The minimum Gasteiger partial charge on any atom is -0.613 e. The van der Waals surface area contributed by atoms with Gasteiger partial charge >= 0.3 is 5.97 Å². The van der Waals surface area contributed by atoms with Crippen molar-refractivity contribution in [3.05, 3.63) is 69.8 Å². The van der Waals surface area contributed by atoms with E-state index in [9.17, 15) is 9.90 Å². The summed E-state index contributed by atoms with van der Waals surface area (Å²) in [7, 11) is 0. The maximum absolute atomic E-state index is 10.5. The first-order chi connectivity index (χ1) is 12.6. The standard InChI is InChI=1S/C13H12NS.C7H12O4/c1-2-4-11(5-3-1)6-14-7-12-9-15-10-13(12)8-14;1-3-10-6(8)5-7(9)11-4-2/h1-5,7,9-10H,6,8H2;5,8H,3-4H2,1-2H3/q+1;/p-1/b;6-5+. The summed E-state index contributed by atoms with van der Waals surface area (Å²) in [4.78, 5) is 10.5. The monoisotopic (exact) mass is 373 g/mol. The van der Waals surface area contributed by atoms with Crippen molar-refractivity contribution in [2.75, 3.05) is 13.2 Å². The van der Waals surface area contributed by atoms with Crippen LogP contribution in [0.25, 0.3) is 0 Å². The minimum atomic E-state index is -0.661. The number of rotatable bonds is 6. The summed E-state index contributed by atoms with van der Waals surface area (Å²) in [5.74, 6) is -1.32. The van der Waals surface area contributed by atoms with E-state index in [2.05, 4.69) is 61.4 Å². The van der Waals surface area contributed by atoms with E-state index in [1.54, 1.807) is 25.2 Å². The zero-order valence-electron chi connectivity index (χ0n) is 15.0. The van der Waals surface area contributed by atoms with Crippen LogP contribution in [0.5, 0.6) is 0 Å². The topological polar surface area (TPSA) is 61.6 Å². The highest BCUT2D eigenvalue weighted by Gasteiger charge is 2.19. The van der Waals surface area contributed by atoms with Crippen LogP contribution < -0.4 is 5.11 Å². The molecule has 138 valence electrons. The van der Waals surface area contributed by atoms with E-state index in [1.807, 2.05) is 0 Å². The lowest BCUT2D eigenvalue weighted by Gasteiger charge is -2.10. The zero-order chi connectivity index (χ0) is 18.8. The minimum absolute atomic E-state index is 0.259. The van der Waals surface area contributed by atoms with Crippen LogP contribution in [0.2, 0.25) is 0 Å². The van der Waals surface area contributed by atoms with Crippen LogP contribution in [0.3, 0.4) is 0 Å². The Bertz CT molecular complexity index is 765. The van der Waals surface area contributed by atoms with Gasteiger partial charge in [0.25, 0.3) is 0 Å². The highest BCUT2D eigenvalue weighted by molar-refractivity contribution is 7.08. The highest BCUT2D eigenvalue weighted by atomic mass is 32.1. The molecule has 0 aliphatic carbocycles. The Morgan fingerprint density at radius 2 is 1.92 bits per heavy atom. The molecular formula is C20H23NO4S. The summed E-state index contributed by atoms with van der Waals surface area (Å²) in [6.45, 7) is 5.92. The van der Waals surface area contributed by atoms with Crippen molar-refractivity contribution in [1.82, 2.24) is 0 Å². The Kier molecular flexibility index (Phi) is 7.89. The number of esters is 1. The summed E-state index contributed by atoms with van der Waals surface area (Å²) >= 11 is 1.79. The van der Waals surface area contributed by atoms with Crippen LogP contribution >= 0.6 is 11.3 Å². The van der Waals surface area contributed by atoms with Gasteiger partial charge in [-0.3, -0.25) is 0 Å². The van der Waals surface area contributed by atoms with Crippen molar-refractivity contribution < 1.29 is 24.0 Å². The second-order valence-corrected chi connectivity index (χ2v) is 6.26. The van der Waals surface area contributed by atoms with Gasteiger partial charge in [-0.2, -0.15) is 11.3 Å². The molecule has 0 unspecified atom stereocenters. The number of benzene rings is 1. The van der Waals surface area contributed by atoms with Crippen LogP contribution in [0, 0.1) is 0 Å². The molecule has 6 heteroatoms. The predicted molar refractivity (Wildman–Crippen MR) is 99.9 cm³/mol. The van der Waals surface area contributed by atoms with Crippen LogP contribution in [-0.2, 0) is 27.4 Å². The molecular weight excluding hydrogens is 350 g/mol. The van der Waals surface area contributed by atoms with Gasteiger partial charge in [0.1, 0.15) is 0 Å². The fourth-order valence-corrected chi connectivity index (χ4v) is 3.22. The molecule has 1 aliphatic heterocycles. The molecule has 1 aliphatic rings. The molecule has 0 fully saturated rings. The van der Waals surface area contributed by atoms with Gasteiger partial charge in [-0.15, -0.1) is 0 Å². The molecule has 0 radical (unpaired) electrons. The first-order valence-electron chi connectivity index (χ1n) is 8.48. The van der Waals surface area contributed by atoms with Crippen molar-refractivity contribution in [3.63, 3.8) is 0 Å². The Labute approximate surface area is 157 Å². The lowest BCUT2D eigenvalue weighted by Crippen LogP contribution is -2.11. The van der Waals surface area contributed by atoms with Crippen molar-refractivity contribution in [1.29, 1.82) is 0 Å². The van der Waals surface area contributed by atoms with Crippen LogP contribution in [0.15, 0.2) is 53.1 Å². The molecule has 2 aromatic rings. The summed E-state index contributed by atoms with van der Waals surface area (Å²) in [6, 6.07) is 10.6. The summed E-state index contributed by atoms with van der Waals surface area (Å²) in [6.07, 6.45) is 3.05. The number of hydrogen-bond acceptors (Lipinski definition) is 5. The van der Waals surface area contributed by atoms with Gasteiger partial charge in [-0.25, -0.2) is 9.37 Å². The van der Waals surface area contributed by atoms with Gasteiger partial charge < -0.3 is 14.6 Å². The Balaban J connectivity index is 0.000000199. The number of carbonyl (C=O) groups excluding carboxylic acids is 1. The number of ether oxygens (including phenoxy) is 2. The van der Waals surface area contributed by atoms with E-state index in [1.165, 1.54) is 16.7 Å². The SMILES string of the molecule is C1=[N+](Cc2ccccc2)Cc2cscc21.CCOC(=O)/C=C(\[O-])OCC. The maximum Gasteiger partial charge on any atom is 0.332 e. The van der Waals surface area contributed by atoms with E-state index < -0.39 is 11.9 Å². The zero-order valence-corrected chi connectivity index (χ0v) is 15.8. The van der Waals surface area contributed by atoms with Gasteiger partial charge in [-0.05, 0) is 13.5 Å². The summed E-state index contributed by atoms with van der Waals surface area (Å²) in [5, 5.41) is 15.0. The second-order valence-electron chi connectivity index (χ2n) is 5.52. The van der Waals surface area contributed by atoms with E-state index in [0.717, 1.165) is 19.2 Å². The van der Waals surface area contributed by atoms with E-state index in [0.29, 0.717) is 0 Å². The average Bonchev–Trinajstić information content (AvgIpc) is 3.18. The number of carbonyl (C=O) groups is 1. The van der Waals surface area contributed by atoms with Crippen molar-refractivity contribution >= 4 is 23.5 Å². The summed E-state index contributed by atoms with van der Waals surface area (Å²) < 4.78 is 11.3. The Hall–Kier alpha value is -2.60. The number of fused-ring (bicyclic) bond motifs is 1. The van der Waals surface area contributed by atoms with E-state index in [-0.39, 0.29) is 13.2 Å². The predicted octanol–water partition coefficient (Wildman–Crippen LogP) is 2.68. The average molecular weight is 373 g/mol. The smallest absolute Gasteiger partial charge is 0.332 e. The lowest BCUT2D eigenvalue weighted by atomic mass is 10.2. The highest BCUT2D eigenvalue weighted by Crippen LogP contribution is 2.19. The second kappa shape index (κ2) is 10.4. The first kappa shape index (κ1) is 19.7. The third-order valence-corrected chi connectivity index (χ3v) is 4.32. The molecule has 1 aromatic heterocycles. The Morgan fingerprint density at radius 1 is 1.19 bits per heavy atom. The van der Waals surface area contributed by atoms with Crippen LogP contribution in [-0.4, -0.2) is 30.0 Å². The van der Waals surface area contributed by atoms with Gasteiger partial charge in [0.05, 0.1) is 18.1 Å². The molecule has 3 rings (SSSR count). The van der Waals surface area contributed by atoms with Gasteiger partial charge in [0.15, 0.2) is 19.3 Å². The molecule has 2 heterocycles. The molecule has 0 N–H and O–H groups in total. The van der Waals surface area contributed by atoms with Crippen LogP contribution in [0.1, 0.15) is 30.5 Å². The molecule has 0 atom stereocenters. The Morgan fingerprint density at radius 3 is 2.58 bits per heavy atom. The third kappa shape index (κ3) is 6.37. The number of thiophene rings is 1. The molecule has 5 nitrogen and oxygen atoms in total. The molecule has 0 bridgehead atoms. The molecule has 0 spiro atoms. The molecule has 0 amide bonds. The van der Waals surface area contributed by atoms with Gasteiger partial charge in [-0.1, -0.05) is 37.3 Å².